The zero-order valence-electron chi connectivity index (χ0n) is 18.5. The molecule has 9 nitrogen and oxygen atoms in total. The predicted octanol–water partition coefficient (Wildman–Crippen LogP) is 2.43. The molecule has 3 aromatic rings. The van der Waals surface area contributed by atoms with Gasteiger partial charge in [-0.25, -0.2) is 0 Å². The van der Waals surface area contributed by atoms with E-state index in [1.54, 1.807) is 6.92 Å². The van der Waals surface area contributed by atoms with E-state index < -0.39 is 47.2 Å². The van der Waals surface area contributed by atoms with Crippen LogP contribution in [0.25, 0.3) is 21.7 Å². The lowest BCUT2D eigenvalue weighted by Gasteiger charge is -2.27. The van der Waals surface area contributed by atoms with E-state index in [0.717, 1.165) is 6.07 Å². The first-order valence-electron chi connectivity index (χ1n) is 10.7. The number of aliphatic carboxylic acids is 1. The third-order valence-corrected chi connectivity index (χ3v) is 6.26. The normalized spacial score (nSPS) is 18.9. The third-order valence-electron chi connectivity index (χ3n) is 6.26. The fourth-order valence-electron chi connectivity index (χ4n) is 4.47. The molecule has 4 rings (SSSR count). The number of aromatic hydroxyl groups is 1. The number of benzene rings is 2. The fraction of sp³-hybridized carbons (Fsp3) is 0.320. The molecule has 0 saturated heterocycles. The van der Waals surface area contributed by atoms with Crippen LogP contribution in [0.3, 0.4) is 0 Å². The summed E-state index contributed by atoms with van der Waals surface area (Å²) in [6.45, 7) is 2.88. The number of carbonyl (C=O) groups is 2. The van der Waals surface area contributed by atoms with Crippen LogP contribution in [0.5, 0.6) is 5.75 Å². The number of aliphatic hydroxyl groups excluding tert-OH is 2. The highest BCUT2D eigenvalue weighted by atomic mass is 16.4. The fourth-order valence-corrected chi connectivity index (χ4v) is 4.47. The number of phenols is 1. The van der Waals surface area contributed by atoms with Crippen LogP contribution in [0.1, 0.15) is 60.0 Å². The minimum atomic E-state index is -2.04. The first-order valence-corrected chi connectivity index (χ1v) is 10.7. The van der Waals surface area contributed by atoms with E-state index in [9.17, 15) is 39.9 Å². The summed E-state index contributed by atoms with van der Waals surface area (Å²) in [7, 11) is 0. The van der Waals surface area contributed by atoms with E-state index in [1.165, 1.54) is 31.2 Å². The van der Waals surface area contributed by atoms with Gasteiger partial charge in [-0.15, -0.1) is 0 Å². The Morgan fingerprint density at radius 2 is 1.97 bits per heavy atom. The lowest BCUT2D eigenvalue weighted by Crippen LogP contribution is -2.35. The molecule has 0 unspecified atom stereocenters. The van der Waals surface area contributed by atoms with Gasteiger partial charge in [0.15, 0.2) is 11.2 Å². The van der Waals surface area contributed by atoms with Crippen molar-refractivity contribution in [2.75, 3.05) is 0 Å². The third kappa shape index (κ3) is 3.67. The SMILES string of the molecule is CC=C[C@@H](O)[C@](C)(O)c1cc(=O)c2c(CC(=O)O)cc3cc4c(c(O)c3c2o1)C(=O)CC[C@@H]4O. The van der Waals surface area contributed by atoms with Gasteiger partial charge in [0.25, 0.3) is 0 Å². The van der Waals surface area contributed by atoms with Gasteiger partial charge in [0.1, 0.15) is 28.8 Å². The second-order valence-corrected chi connectivity index (χ2v) is 8.67. The highest BCUT2D eigenvalue weighted by Crippen LogP contribution is 2.43. The van der Waals surface area contributed by atoms with E-state index in [1.807, 2.05) is 0 Å². The molecule has 0 spiro atoms. The summed E-state index contributed by atoms with van der Waals surface area (Å²) in [5, 5.41) is 52.2. The summed E-state index contributed by atoms with van der Waals surface area (Å²) in [6.07, 6.45) is 0.0262. The number of phenolic OH excluding ortho intramolecular Hbond substituents is 1. The number of Topliss-reactive ketones (excluding diaryl/α,β-unsaturated/α-hetero) is 1. The molecule has 0 aliphatic heterocycles. The topological polar surface area (TPSA) is 165 Å². The summed E-state index contributed by atoms with van der Waals surface area (Å²) in [4.78, 5) is 37.2. The zero-order valence-corrected chi connectivity index (χ0v) is 18.5. The zero-order chi connectivity index (χ0) is 24.9. The van der Waals surface area contributed by atoms with Crippen LogP contribution in [-0.4, -0.2) is 43.4 Å². The average Bonchev–Trinajstić information content (AvgIpc) is 2.75. The second kappa shape index (κ2) is 8.35. The van der Waals surface area contributed by atoms with Gasteiger partial charge >= 0.3 is 5.97 Å². The van der Waals surface area contributed by atoms with Gasteiger partial charge < -0.3 is 29.9 Å². The standard InChI is InChI=1S/C25H24O9/c1-3-4-17(29)25(2,33)18-10-16(28)20-12(9-19(30)31)7-11-8-13-14(26)5-6-15(27)22(13)23(32)21(11)24(20)34-18/h3-4,7-8,10,14,17,26,29,32-33H,5-6,9H2,1-2H3,(H,30,31)/t14-,17+,25-/m0/s1. The van der Waals surface area contributed by atoms with E-state index in [4.69, 9.17) is 4.42 Å². The van der Waals surface area contributed by atoms with Crippen molar-refractivity contribution in [1.29, 1.82) is 0 Å². The van der Waals surface area contributed by atoms with Crippen LogP contribution in [0.2, 0.25) is 0 Å². The number of aliphatic hydroxyl groups is 3. The minimum absolute atomic E-state index is 0.0156. The summed E-state index contributed by atoms with van der Waals surface area (Å²) < 4.78 is 5.87. The molecule has 1 heterocycles. The first-order chi connectivity index (χ1) is 16.0. The van der Waals surface area contributed by atoms with Crippen molar-refractivity contribution >= 4 is 33.5 Å². The summed E-state index contributed by atoms with van der Waals surface area (Å²) in [6, 6.07) is 3.84. The van der Waals surface area contributed by atoms with Crippen molar-refractivity contribution in [2.24, 2.45) is 0 Å². The lowest BCUT2D eigenvalue weighted by atomic mass is 9.84. The molecule has 0 saturated carbocycles. The molecule has 0 amide bonds. The Bertz CT molecular complexity index is 1430. The number of carboxylic acid groups (broad SMARTS) is 1. The highest BCUT2D eigenvalue weighted by molar-refractivity contribution is 6.15. The molecule has 3 atom stereocenters. The molecule has 5 N–H and O–H groups in total. The Kier molecular flexibility index (Phi) is 5.80. The second-order valence-electron chi connectivity index (χ2n) is 8.67. The van der Waals surface area contributed by atoms with Gasteiger partial charge in [-0.1, -0.05) is 12.2 Å². The number of carbonyl (C=O) groups excluding carboxylic acids is 1. The van der Waals surface area contributed by atoms with Crippen molar-refractivity contribution in [2.45, 2.75) is 50.9 Å². The molecule has 0 radical (unpaired) electrons. The molecule has 178 valence electrons. The van der Waals surface area contributed by atoms with Crippen molar-refractivity contribution < 1.29 is 39.5 Å². The molecule has 9 heteroatoms. The molecule has 2 aromatic carbocycles. The number of allylic oxidation sites excluding steroid dienone is 1. The average molecular weight is 468 g/mol. The number of hydrogen-bond acceptors (Lipinski definition) is 8. The van der Waals surface area contributed by atoms with Gasteiger partial charge in [0.2, 0.25) is 0 Å². The van der Waals surface area contributed by atoms with Gasteiger partial charge in [-0.3, -0.25) is 14.4 Å². The van der Waals surface area contributed by atoms with Crippen LogP contribution in [0, 0.1) is 0 Å². The molecule has 1 aliphatic rings. The first kappa shape index (κ1) is 23.6. The maximum atomic E-state index is 13.1. The number of fused-ring (bicyclic) bond motifs is 4. The molecule has 34 heavy (non-hydrogen) atoms. The Hall–Kier alpha value is -3.53. The molecule has 0 fully saturated rings. The predicted molar refractivity (Wildman–Crippen MR) is 122 cm³/mol. The molecular formula is C25H24O9. The van der Waals surface area contributed by atoms with Crippen LogP contribution in [0.4, 0.5) is 0 Å². The van der Waals surface area contributed by atoms with E-state index >= 15 is 0 Å². The van der Waals surface area contributed by atoms with Crippen LogP contribution >= 0.6 is 0 Å². The van der Waals surface area contributed by atoms with Gasteiger partial charge in [0, 0.05) is 12.5 Å². The highest BCUT2D eigenvalue weighted by Gasteiger charge is 2.35. The molecule has 1 aromatic heterocycles. The minimum Gasteiger partial charge on any atom is -0.506 e. The maximum absolute atomic E-state index is 13.1. The smallest absolute Gasteiger partial charge is 0.307 e. The maximum Gasteiger partial charge on any atom is 0.307 e. The Morgan fingerprint density at radius 3 is 2.62 bits per heavy atom. The summed E-state index contributed by atoms with van der Waals surface area (Å²) >= 11 is 0. The van der Waals surface area contributed by atoms with Gasteiger partial charge in [-0.2, -0.15) is 0 Å². The van der Waals surface area contributed by atoms with E-state index in [2.05, 4.69) is 0 Å². The quantitative estimate of drug-likeness (QED) is 0.279. The van der Waals surface area contributed by atoms with Crippen LogP contribution in [-0.2, 0) is 16.8 Å². The Morgan fingerprint density at radius 1 is 1.26 bits per heavy atom. The van der Waals surface area contributed by atoms with Gasteiger partial charge in [-0.05, 0) is 48.9 Å². The summed E-state index contributed by atoms with van der Waals surface area (Å²) in [5.41, 5.74) is -2.74. The summed E-state index contributed by atoms with van der Waals surface area (Å²) in [5.74, 6) is -2.42. The van der Waals surface area contributed by atoms with Crippen molar-refractivity contribution in [3.05, 3.63) is 63.0 Å². The van der Waals surface area contributed by atoms with Gasteiger partial charge in [0.05, 0.1) is 28.9 Å². The number of carboxylic acids is 1. The van der Waals surface area contributed by atoms with Crippen molar-refractivity contribution in [1.82, 2.24) is 0 Å². The molecule has 1 aliphatic carbocycles. The number of ketones is 1. The molecular weight excluding hydrogens is 444 g/mol. The number of hydrogen-bond donors (Lipinski definition) is 5. The molecule has 0 bridgehead atoms. The van der Waals surface area contributed by atoms with E-state index in [0.29, 0.717) is 0 Å². The van der Waals surface area contributed by atoms with Crippen molar-refractivity contribution in [3.8, 4) is 5.75 Å². The largest absolute Gasteiger partial charge is 0.506 e. The Labute approximate surface area is 193 Å². The van der Waals surface area contributed by atoms with Crippen LogP contribution < -0.4 is 5.43 Å². The Balaban J connectivity index is 2.17. The lowest BCUT2D eigenvalue weighted by molar-refractivity contribution is -0.136. The van der Waals surface area contributed by atoms with E-state index in [-0.39, 0.29) is 57.0 Å². The number of rotatable bonds is 5. The van der Waals surface area contributed by atoms with Crippen molar-refractivity contribution in [3.63, 3.8) is 0 Å². The van der Waals surface area contributed by atoms with Crippen LogP contribution in [0.15, 0.2) is 39.6 Å². The monoisotopic (exact) mass is 468 g/mol.